The molecule has 6 nitrogen and oxygen atoms in total. The van der Waals surface area contributed by atoms with Crippen LogP contribution >= 0.6 is 0 Å². The van der Waals surface area contributed by atoms with E-state index in [2.05, 4.69) is 9.97 Å². The molecule has 6 heteroatoms. The van der Waals surface area contributed by atoms with Gasteiger partial charge in [0.05, 0.1) is 36.7 Å². The van der Waals surface area contributed by atoms with Crippen molar-refractivity contribution in [1.29, 1.82) is 0 Å². The topological polar surface area (TPSA) is 81.3 Å². The van der Waals surface area contributed by atoms with Crippen LogP contribution in [0.15, 0.2) is 36.7 Å². The van der Waals surface area contributed by atoms with E-state index in [0.29, 0.717) is 42.5 Å². The number of carbonyl (C=O) groups excluding carboxylic acids is 1. The van der Waals surface area contributed by atoms with Gasteiger partial charge in [-0.1, -0.05) is 12.1 Å². The van der Waals surface area contributed by atoms with Gasteiger partial charge in [0.1, 0.15) is 18.2 Å². The van der Waals surface area contributed by atoms with E-state index in [1.165, 1.54) is 6.20 Å². The summed E-state index contributed by atoms with van der Waals surface area (Å²) in [5.41, 5.74) is 6.78. The molecule has 0 unspecified atom stereocenters. The second-order valence-electron chi connectivity index (χ2n) is 4.50. The fourth-order valence-corrected chi connectivity index (χ4v) is 2.10. The monoisotopic (exact) mass is 270 g/mol. The van der Waals surface area contributed by atoms with Gasteiger partial charge >= 0.3 is 0 Å². The van der Waals surface area contributed by atoms with Gasteiger partial charge < -0.3 is 15.4 Å². The maximum atomic E-state index is 12.5. The van der Waals surface area contributed by atoms with Crippen LogP contribution in [0.4, 0.5) is 5.82 Å². The number of fused-ring (bicyclic) bond motifs is 1. The minimum absolute atomic E-state index is 0.0586. The maximum absolute atomic E-state index is 12.5. The Morgan fingerprint density at radius 3 is 2.90 bits per heavy atom. The lowest BCUT2D eigenvalue weighted by Gasteiger charge is -2.19. The van der Waals surface area contributed by atoms with E-state index in [4.69, 9.17) is 10.5 Å². The SMILES string of the molecule is Nc1cnc(CN2CCOc3ccccc3C2=O)cn1. The first kappa shape index (κ1) is 12.4. The first-order valence-corrected chi connectivity index (χ1v) is 6.31. The van der Waals surface area contributed by atoms with Crippen molar-refractivity contribution in [2.24, 2.45) is 0 Å². The Labute approximate surface area is 116 Å². The summed E-state index contributed by atoms with van der Waals surface area (Å²) in [5, 5.41) is 0. The third kappa shape index (κ3) is 2.40. The Bertz CT molecular complexity index is 627. The van der Waals surface area contributed by atoms with Crippen LogP contribution in [0.25, 0.3) is 0 Å². The third-order valence-electron chi connectivity index (χ3n) is 3.10. The summed E-state index contributed by atoms with van der Waals surface area (Å²) in [6.45, 7) is 1.37. The van der Waals surface area contributed by atoms with Crippen LogP contribution < -0.4 is 10.5 Å². The van der Waals surface area contributed by atoms with E-state index in [1.54, 1.807) is 23.2 Å². The smallest absolute Gasteiger partial charge is 0.258 e. The van der Waals surface area contributed by atoms with Crippen LogP contribution in [-0.2, 0) is 6.54 Å². The molecule has 1 aromatic heterocycles. The van der Waals surface area contributed by atoms with Crippen molar-refractivity contribution in [3.05, 3.63) is 47.9 Å². The second-order valence-corrected chi connectivity index (χ2v) is 4.50. The van der Waals surface area contributed by atoms with Crippen molar-refractivity contribution in [3.63, 3.8) is 0 Å². The van der Waals surface area contributed by atoms with Crippen molar-refractivity contribution in [1.82, 2.24) is 14.9 Å². The van der Waals surface area contributed by atoms with Gasteiger partial charge in [-0.3, -0.25) is 9.78 Å². The number of hydrogen-bond acceptors (Lipinski definition) is 5. The lowest BCUT2D eigenvalue weighted by molar-refractivity contribution is 0.0740. The molecule has 0 spiro atoms. The zero-order chi connectivity index (χ0) is 13.9. The number of hydrogen-bond donors (Lipinski definition) is 1. The number of nitrogens with zero attached hydrogens (tertiary/aromatic N) is 3. The Balaban J connectivity index is 1.84. The number of nitrogen functional groups attached to an aromatic ring is 1. The number of ether oxygens (including phenoxy) is 1. The van der Waals surface area contributed by atoms with Gasteiger partial charge in [-0.2, -0.15) is 0 Å². The van der Waals surface area contributed by atoms with Crippen LogP contribution in [0.5, 0.6) is 5.75 Å². The lowest BCUT2D eigenvalue weighted by Crippen LogP contribution is -2.32. The van der Waals surface area contributed by atoms with Crippen LogP contribution in [0.2, 0.25) is 0 Å². The van der Waals surface area contributed by atoms with Gasteiger partial charge in [-0.25, -0.2) is 4.98 Å². The standard InChI is InChI=1S/C14H14N4O2/c15-13-8-16-10(7-17-13)9-18-5-6-20-12-4-2-1-3-11(12)14(18)19/h1-4,7-8H,5-6,9H2,(H2,15,17). The minimum Gasteiger partial charge on any atom is -0.491 e. The predicted octanol–water partition coefficient (Wildman–Crippen LogP) is 1.09. The number of para-hydroxylation sites is 1. The number of anilines is 1. The molecular formula is C14H14N4O2. The van der Waals surface area contributed by atoms with Crippen molar-refractivity contribution < 1.29 is 9.53 Å². The number of carbonyl (C=O) groups is 1. The number of rotatable bonds is 2. The molecule has 1 amide bonds. The van der Waals surface area contributed by atoms with E-state index >= 15 is 0 Å². The Kier molecular flexibility index (Phi) is 3.20. The molecule has 0 radical (unpaired) electrons. The van der Waals surface area contributed by atoms with Gasteiger partial charge in [-0.05, 0) is 12.1 Å². The molecule has 0 fully saturated rings. The molecular weight excluding hydrogens is 256 g/mol. The highest BCUT2D eigenvalue weighted by Crippen LogP contribution is 2.23. The van der Waals surface area contributed by atoms with Crippen LogP contribution in [0.3, 0.4) is 0 Å². The summed E-state index contributed by atoms with van der Waals surface area (Å²) < 4.78 is 5.59. The van der Waals surface area contributed by atoms with Gasteiger partial charge in [0.15, 0.2) is 0 Å². The van der Waals surface area contributed by atoms with Gasteiger partial charge in [0, 0.05) is 0 Å². The van der Waals surface area contributed by atoms with Crippen molar-refractivity contribution in [2.45, 2.75) is 6.54 Å². The van der Waals surface area contributed by atoms with Crippen LogP contribution in [0, 0.1) is 0 Å². The molecule has 1 aromatic carbocycles. The zero-order valence-electron chi connectivity index (χ0n) is 10.8. The number of amides is 1. The second kappa shape index (κ2) is 5.16. The van der Waals surface area contributed by atoms with Crippen molar-refractivity contribution in [3.8, 4) is 5.75 Å². The highest BCUT2D eigenvalue weighted by Gasteiger charge is 2.23. The molecule has 0 saturated heterocycles. The average molecular weight is 270 g/mol. The maximum Gasteiger partial charge on any atom is 0.258 e. The summed E-state index contributed by atoms with van der Waals surface area (Å²) in [5.74, 6) is 0.935. The Hall–Kier alpha value is -2.63. The Morgan fingerprint density at radius 1 is 1.25 bits per heavy atom. The summed E-state index contributed by atoms with van der Waals surface area (Å²) in [4.78, 5) is 22.3. The van der Waals surface area contributed by atoms with E-state index in [1.807, 2.05) is 12.1 Å². The highest BCUT2D eigenvalue weighted by molar-refractivity contribution is 5.97. The molecule has 3 rings (SSSR count). The number of nitrogens with two attached hydrogens (primary N) is 1. The van der Waals surface area contributed by atoms with Crippen molar-refractivity contribution in [2.75, 3.05) is 18.9 Å². The first-order chi connectivity index (χ1) is 9.74. The summed E-state index contributed by atoms with van der Waals surface area (Å²) >= 11 is 0. The molecule has 0 aliphatic carbocycles. The minimum atomic E-state index is -0.0586. The molecule has 2 heterocycles. The first-order valence-electron chi connectivity index (χ1n) is 6.31. The average Bonchev–Trinajstić information content (AvgIpc) is 2.62. The number of aromatic nitrogens is 2. The molecule has 102 valence electrons. The highest BCUT2D eigenvalue weighted by atomic mass is 16.5. The molecule has 2 N–H and O–H groups in total. The number of benzene rings is 1. The Morgan fingerprint density at radius 2 is 2.10 bits per heavy atom. The summed E-state index contributed by atoms with van der Waals surface area (Å²) in [7, 11) is 0. The molecule has 0 saturated carbocycles. The van der Waals surface area contributed by atoms with E-state index < -0.39 is 0 Å². The fraction of sp³-hybridized carbons (Fsp3) is 0.214. The lowest BCUT2D eigenvalue weighted by atomic mass is 10.2. The van der Waals surface area contributed by atoms with Crippen LogP contribution in [0.1, 0.15) is 16.1 Å². The normalized spacial score (nSPS) is 14.4. The third-order valence-corrected chi connectivity index (χ3v) is 3.10. The van der Waals surface area contributed by atoms with Gasteiger partial charge in [-0.15, -0.1) is 0 Å². The fourth-order valence-electron chi connectivity index (χ4n) is 2.10. The summed E-state index contributed by atoms with van der Waals surface area (Å²) in [6, 6.07) is 7.25. The molecule has 1 aliphatic heterocycles. The van der Waals surface area contributed by atoms with E-state index in [0.717, 1.165) is 0 Å². The van der Waals surface area contributed by atoms with Gasteiger partial charge in [0.2, 0.25) is 0 Å². The molecule has 20 heavy (non-hydrogen) atoms. The largest absolute Gasteiger partial charge is 0.491 e. The zero-order valence-corrected chi connectivity index (χ0v) is 10.8. The van der Waals surface area contributed by atoms with Gasteiger partial charge in [0.25, 0.3) is 5.91 Å². The van der Waals surface area contributed by atoms with Crippen molar-refractivity contribution >= 4 is 11.7 Å². The quantitative estimate of drug-likeness (QED) is 0.883. The predicted molar refractivity (Wildman–Crippen MR) is 73.1 cm³/mol. The van der Waals surface area contributed by atoms with Crippen LogP contribution in [-0.4, -0.2) is 33.9 Å². The van der Waals surface area contributed by atoms with E-state index in [9.17, 15) is 4.79 Å². The molecule has 0 bridgehead atoms. The summed E-state index contributed by atoms with van der Waals surface area (Å²) in [6.07, 6.45) is 3.07. The van der Waals surface area contributed by atoms with E-state index in [-0.39, 0.29) is 5.91 Å². The molecule has 2 aromatic rings. The molecule has 0 atom stereocenters. The molecule has 1 aliphatic rings.